The fraction of sp³-hybridized carbons (Fsp3) is 0.684. The van der Waals surface area contributed by atoms with Crippen molar-refractivity contribution in [2.75, 3.05) is 6.54 Å². The smallest absolute Gasteiger partial charge is 0.0103 e. The minimum atomic E-state index is 0.168. The van der Waals surface area contributed by atoms with Crippen LogP contribution in [-0.4, -0.2) is 12.1 Å². The Morgan fingerprint density at radius 3 is 1.90 bits per heavy atom. The van der Waals surface area contributed by atoms with Crippen LogP contribution in [-0.2, 0) is 5.41 Å². The third kappa shape index (κ3) is 4.09. The molecule has 1 aromatic rings. The largest absolute Gasteiger partial charge is 0.311 e. The topological polar surface area (TPSA) is 12.0 Å². The molecule has 1 heteroatoms. The predicted octanol–water partition coefficient (Wildman–Crippen LogP) is 5.16. The standard InChI is InChI=1S/C19H33N/c1-7-16(8-2)19(9-3,15-20-18(4,5)6)17-13-11-10-12-14-17/h10-14,16,20H,7-9,15H2,1-6H3. The van der Waals surface area contributed by atoms with Crippen LogP contribution in [0.2, 0.25) is 0 Å². The molecule has 0 saturated carbocycles. The van der Waals surface area contributed by atoms with Crippen LogP contribution < -0.4 is 5.32 Å². The predicted molar refractivity (Wildman–Crippen MR) is 90.2 cm³/mol. The van der Waals surface area contributed by atoms with Gasteiger partial charge in [0.25, 0.3) is 0 Å². The van der Waals surface area contributed by atoms with E-state index in [1.165, 1.54) is 24.8 Å². The molecule has 20 heavy (non-hydrogen) atoms. The van der Waals surface area contributed by atoms with Crippen LogP contribution >= 0.6 is 0 Å². The fourth-order valence-corrected chi connectivity index (χ4v) is 3.36. The molecule has 0 aliphatic carbocycles. The summed E-state index contributed by atoms with van der Waals surface area (Å²) in [6, 6.07) is 11.1. The Bertz CT molecular complexity index is 373. The highest BCUT2D eigenvalue weighted by atomic mass is 15.0. The van der Waals surface area contributed by atoms with E-state index in [1.807, 2.05) is 0 Å². The maximum Gasteiger partial charge on any atom is 0.0103 e. The summed E-state index contributed by atoms with van der Waals surface area (Å²) < 4.78 is 0. The summed E-state index contributed by atoms with van der Waals surface area (Å²) in [5, 5.41) is 3.76. The van der Waals surface area contributed by atoms with Gasteiger partial charge in [-0.05, 0) is 38.7 Å². The third-order valence-electron chi connectivity index (χ3n) is 4.68. The van der Waals surface area contributed by atoms with E-state index in [2.05, 4.69) is 77.2 Å². The SMILES string of the molecule is CCC(CC)C(CC)(CNC(C)(C)C)c1ccccc1. The first-order chi connectivity index (χ1) is 9.39. The van der Waals surface area contributed by atoms with E-state index in [4.69, 9.17) is 0 Å². The van der Waals surface area contributed by atoms with Gasteiger partial charge < -0.3 is 5.32 Å². The molecule has 0 spiro atoms. The van der Waals surface area contributed by atoms with Crippen LogP contribution in [0.15, 0.2) is 30.3 Å². The summed E-state index contributed by atoms with van der Waals surface area (Å²) in [5.41, 5.74) is 1.91. The van der Waals surface area contributed by atoms with Gasteiger partial charge >= 0.3 is 0 Å². The molecule has 0 saturated heterocycles. The number of benzene rings is 1. The molecule has 1 aromatic carbocycles. The van der Waals surface area contributed by atoms with Crippen LogP contribution in [0.5, 0.6) is 0 Å². The second kappa shape index (κ2) is 7.26. The van der Waals surface area contributed by atoms with Crippen molar-refractivity contribution < 1.29 is 0 Å². The molecule has 1 N–H and O–H groups in total. The maximum atomic E-state index is 3.76. The van der Waals surface area contributed by atoms with E-state index in [-0.39, 0.29) is 11.0 Å². The number of nitrogens with one attached hydrogen (secondary N) is 1. The zero-order chi connectivity index (χ0) is 15.2. The Morgan fingerprint density at radius 1 is 0.950 bits per heavy atom. The average molecular weight is 275 g/mol. The van der Waals surface area contributed by atoms with Crippen molar-refractivity contribution in [2.45, 2.75) is 71.8 Å². The highest BCUT2D eigenvalue weighted by Crippen LogP contribution is 2.39. The van der Waals surface area contributed by atoms with E-state index < -0.39 is 0 Å². The normalized spacial score (nSPS) is 15.3. The van der Waals surface area contributed by atoms with Crippen molar-refractivity contribution in [3.05, 3.63) is 35.9 Å². The summed E-state index contributed by atoms with van der Waals surface area (Å²) in [4.78, 5) is 0. The molecule has 1 rings (SSSR count). The van der Waals surface area contributed by atoms with Crippen molar-refractivity contribution in [2.24, 2.45) is 5.92 Å². The molecule has 1 atom stereocenters. The molecule has 0 bridgehead atoms. The van der Waals surface area contributed by atoms with Crippen molar-refractivity contribution in [3.63, 3.8) is 0 Å². The first-order valence-corrected chi connectivity index (χ1v) is 8.20. The molecular weight excluding hydrogens is 242 g/mol. The van der Waals surface area contributed by atoms with Gasteiger partial charge in [-0.1, -0.05) is 63.9 Å². The van der Waals surface area contributed by atoms with Gasteiger partial charge in [-0.2, -0.15) is 0 Å². The summed E-state index contributed by atoms with van der Waals surface area (Å²) in [6.07, 6.45) is 3.67. The maximum absolute atomic E-state index is 3.76. The number of rotatable bonds is 7. The van der Waals surface area contributed by atoms with Crippen LogP contribution in [0.4, 0.5) is 0 Å². The van der Waals surface area contributed by atoms with Crippen molar-refractivity contribution in [1.82, 2.24) is 5.32 Å². The third-order valence-corrected chi connectivity index (χ3v) is 4.68. The Kier molecular flexibility index (Phi) is 6.26. The van der Waals surface area contributed by atoms with Crippen LogP contribution in [0.25, 0.3) is 0 Å². The first-order valence-electron chi connectivity index (χ1n) is 8.20. The van der Waals surface area contributed by atoms with E-state index in [9.17, 15) is 0 Å². The zero-order valence-electron chi connectivity index (χ0n) is 14.3. The van der Waals surface area contributed by atoms with E-state index in [0.29, 0.717) is 0 Å². The Morgan fingerprint density at radius 2 is 1.50 bits per heavy atom. The molecule has 0 aromatic heterocycles. The number of hydrogen-bond donors (Lipinski definition) is 1. The lowest BCUT2D eigenvalue weighted by molar-refractivity contribution is 0.212. The monoisotopic (exact) mass is 275 g/mol. The Balaban J connectivity index is 3.16. The van der Waals surface area contributed by atoms with Crippen molar-refractivity contribution in [3.8, 4) is 0 Å². The molecule has 0 radical (unpaired) electrons. The molecular formula is C19H33N. The fourth-order valence-electron chi connectivity index (χ4n) is 3.36. The Hall–Kier alpha value is -0.820. The van der Waals surface area contributed by atoms with Crippen LogP contribution in [0.1, 0.15) is 66.4 Å². The minimum absolute atomic E-state index is 0.168. The van der Waals surface area contributed by atoms with Crippen molar-refractivity contribution >= 4 is 0 Å². The van der Waals surface area contributed by atoms with Gasteiger partial charge in [0.15, 0.2) is 0 Å². The molecule has 0 aliphatic heterocycles. The van der Waals surface area contributed by atoms with Gasteiger partial charge in [-0.3, -0.25) is 0 Å². The first kappa shape index (κ1) is 17.2. The summed E-state index contributed by atoms with van der Waals surface area (Å²) in [6.45, 7) is 14.8. The Labute approximate surface area is 126 Å². The lowest BCUT2D eigenvalue weighted by Crippen LogP contribution is -2.49. The molecule has 0 fully saturated rings. The summed E-state index contributed by atoms with van der Waals surface area (Å²) in [7, 11) is 0. The highest BCUT2D eigenvalue weighted by Gasteiger charge is 2.37. The van der Waals surface area contributed by atoms with Crippen molar-refractivity contribution in [1.29, 1.82) is 0 Å². The quantitative estimate of drug-likeness (QED) is 0.725. The van der Waals surface area contributed by atoms with Gasteiger partial charge in [0.1, 0.15) is 0 Å². The minimum Gasteiger partial charge on any atom is -0.311 e. The molecule has 0 aliphatic rings. The van der Waals surface area contributed by atoms with Gasteiger partial charge in [0, 0.05) is 17.5 Å². The van der Waals surface area contributed by atoms with E-state index >= 15 is 0 Å². The van der Waals surface area contributed by atoms with E-state index in [1.54, 1.807) is 0 Å². The second-order valence-corrected chi connectivity index (χ2v) is 6.99. The molecule has 1 unspecified atom stereocenters. The molecule has 0 heterocycles. The van der Waals surface area contributed by atoms with Crippen LogP contribution in [0.3, 0.4) is 0 Å². The van der Waals surface area contributed by atoms with E-state index in [0.717, 1.165) is 12.5 Å². The zero-order valence-corrected chi connectivity index (χ0v) is 14.3. The van der Waals surface area contributed by atoms with Crippen LogP contribution in [0, 0.1) is 5.92 Å². The summed E-state index contributed by atoms with van der Waals surface area (Å²) in [5.74, 6) is 0.727. The molecule has 0 amide bonds. The molecule has 114 valence electrons. The lowest BCUT2D eigenvalue weighted by Gasteiger charge is -2.42. The van der Waals surface area contributed by atoms with Gasteiger partial charge in [0.2, 0.25) is 0 Å². The number of hydrogen-bond acceptors (Lipinski definition) is 1. The lowest BCUT2D eigenvalue weighted by atomic mass is 9.66. The van der Waals surface area contributed by atoms with Gasteiger partial charge in [-0.15, -0.1) is 0 Å². The average Bonchev–Trinajstić information content (AvgIpc) is 2.43. The highest BCUT2D eigenvalue weighted by molar-refractivity contribution is 5.27. The second-order valence-electron chi connectivity index (χ2n) is 6.99. The molecule has 1 nitrogen and oxygen atoms in total. The van der Waals surface area contributed by atoms with Gasteiger partial charge in [0.05, 0.1) is 0 Å². The summed E-state index contributed by atoms with van der Waals surface area (Å²) >= 11 is 0. The van der Waals surface area contributed by atoms with Gasteiger partial charge in [-0.25, -0.2) is 0 Å².